The maximum absolute atomic E-state index is 5.38. The van der Waals surface area contributed by atoms with Crippen molar-refractivity contribution in [3.63, 3.8) is 0 Å². The standard InChI is InChI=1S/C27H27N5S/c1-16-17(2)33-24-22(16)23(29-27(10-11-27)25-31-30-18(3)32(24)25)21-8-6-19(7-9-21)4-5-20-12-26(13-20)14-28-15-26/h6-9,20,28H,10-15H2,1-3H3. The molecule has 0 amide bonds. The summed E-state index contributed by atoms with van der Waals surface area (Å²) in [4.78, 5) is 6.70. The highest BCUT2D eigenvalue weighted by molar-refractivity contribution is 7.15. The number of nitrogens with zero attached hydrogens (tertiary/aromatic N) is 4. The van der Waals surface area contributed by atoms with Crippen LogP contribution in [-0.4, -0.2) is 33.6 Å². The van der Waals surface area contributed by atoms with E-state index in [9.17, 15) is 0 Å². The van der Waals surface area contributed by atoms with Crippen LogP contribution in [-0.2, 0) is 5.54 Å². The van der Waals surface area contributed by atoms with Crippen LogP contribution in [0.2, 0.25) is 0 Å². The Morgan fingerprint density at radius 1 is 1.06 bits per heavy atom. The largest absolute Gasteiger partial charge is 0.316 e. The lowest BCUT2D eigenvalue weighted by atomic mass is 9.59. The van der Waals surface area contributed by atoms with E-state index in [4.69, 9.17) is 4.99 Å². The second-order valence-electron chi connectivity index (χ2n) is 10.4. The predicted molar refractivity (Wildman–Crippen MR) is 131 cm³/mol. The molecule has 0 bridgehead atoms. The van der Waals surface area contributed by atoms with Crippen molar-refractivity contribution in [1.29, 1.82) is 0 Å². The van der Waals surface area contributed by atoms with Crippen LogP contribution in [0.25, 0.3) is 5.00 Å². The summed E-state index contributed by atoms with van der Waals surface area (Å²) >= 11 is 1.82. The highest BCUT2D eigenvalue weighted by Gasteiger charge is 2.51. The summed E-state index contributed by atoms with van der Waals surface area (Å²) in [5.41, 5.74) is 6.23. The van der Waals surface area contributed by atoms with Gasteiger partial charge in [0.15, 0.2) is 5.82 Å². The van der Waals surface area contributed by atoms with E-state index in [0.29, 0.717) is 11.3 Å². The van der Waals surface area contributed by atoms with Crippen molar-refractivity contribution in [2.75, 3.05) is 13.1 Å². The molecule has 3 fully saturated rings. The highest BCUT2D eigenvalue weighted by Crippen LogP contribution is 2.53. The van der Waals surface area contributed by atoms with Gasteiger partial charge >= 0.3 is 0 Å². The summed E-state index contributed by atoms with van der Waals surface area (Å²) in [5.74, 6) is 9.44. The van der Waals surface area contributed by atoms with Gasteiger partial charge in [-0.2, -0.15) is 0 Å². The highest BCUT2D eigenvalue weighted by atomic mass is 32.1. The van der Waals surface area contributed by atoms with Gasteiger partial charge in [-0.25, -0.2) is 0 Å². The molecule has 0 atom stereocenters. The first-order chi connectivity index (χ1) is 16.0. The molecule has 1 aromatic carbocycles. The van der Waals surface area contributed by atoms with Crippen LogP contribution in [0.3, 0.4) is 0 Å². The quantitative estimate of drug-likeness (QED) is 0.554. The fraction of sp³-hybridized carbons (Fsp3) is 0.444. The lowest BCUT2D eigenvalue weighted by Crippen LogP contribution is -2.59. The average molecular weight is 454 g/mol. The topological polar surface area (TPSA) is 55.1 Å². The number of aliphatic imine (C=N–C) groups is 1. The van der Waals surface area contributed by atoms with Crippen molar-refractivity contribution in [3.8, 4) is 16.8 Å². The lowest BCUT2D eigenvalue weighted by Gasteiger charge is -2.53. The predicted octanol–water partition coefficient (Wildman–Crippen LogP) is 4.45. The van der Waals surface area contributed by atoms with Gasteiger partial charge in [-0.15, -0.1) is 21.5 Å². The van der Waals surface area contributed by atoms with Crippen molar-refractivity contribution >= 4 is 17.0 Å². The molecular formula is C27H27N5S. The molecule has 1 saturated heterocycles. The van der Waals surface area contributed by atoms with E-state index < -0.39 is 0 Å². The molecule has 5 nitrogen and oxygen atoms in total. The summed E-state index contributed by atoms with van der Waals surface area (Å²) < 4.78 is 2.26. The molecule has 4 aliphatic rings. The van der Waals surface area contributed by atoms with Gasteiger partial charge in [0.2, 0.25) is 0 Å². The van der Waals surface area contributed by atoms with Crippen molar-refractivity contribution < 1.29 is 0 Å². The lowest BCUT2D eigenvalue weighted by molar-refractivity contribution is 0.0266. The maximum atomic E-state index is 5.38. The van der Waals surface area contributed by atoms with Crippen molar-refractivity contribution in [1.82, 2.24) is 20.1 Å². The van der Waals surface area contributed by atoms with Gasteiger partial charge < -0.3 is 5.32 Å². The van der Waals surface area contributed by atoms with Crippen LogP contribution in [0.1, 0.15) is 64.5 Å². The van der Waals surface area contributed by atoms with Crippen LogP contribution < -0.4 is 5.32 Å². The molecule has 7 rings (SSSR count). The summed E-state index contributed by atoms with van der Waals surface area (Å²) in [6.07, 6.45) is 4.58. The van der Waals surface area contributed by atoms with Crippen LogP contribution in [0, 0.1) is 43.9 Å². The molecule has 6 heteroatoms. The summed E-state index contributed by atoms with van der Waals surface area (Å²) in [5, 5.41) is 13.6. The Hall–Kier alpha value is -2.75. The number of hydrogen-bond donors (Lipinski definition) is 1. The van der Waals surface area contributed by atoms with Crippen LogP contribution in [0.15, 0.2) is 29.3 Å². The van der Waals surface area contributed by atoms with E-state index in [2.05, 4.69) is 70.0 Å². The number of nitrogens with one attached hydrogen (secondary N) is 1. The Balaban J connectivity index is 1.26. The number of hydrogen-bond acceptors (Lipinski definition) is 5. The fourth-order valence-electron chi connectivity index (χ4n) is 5.69. The van der Waals surface area contributed by atoms with Gasteiger partial charge in [0.1, 0.15) is 16.4 Å². The zero-order chi connectivity index (χ0) is 22.4. The van der Waals surface area contributed by atoms with E-state index >= 15 is 0 Å². The Morgan fingerprint density at radius 3 is 2.48 bits per heavy atom. The average Bonchev–Trinajstić information content (AvgIpc) is 3.37. The molecule has 2 aromatic heterocycles. The van der Waals surface area contributed by atoms with Crippen molar-refractivity contribution in [3.05, 3.63) is 63.0 Å². The zero-order valence-corrected chi connectivity index (χ0v) is 20.1. The minimum atomic E-state index is -0.231. The monoisotopic (exact) mass is 453 g/mol. The molecule has 4 heterocycles. The van der Waals surface area contributed by atoms with Crippen LogP contribution >= 0.6 is 11.3 Å². The van der Waals surface area contributed by atoms with E-state index in [-0.39, 0.29) is 5.54 Å². The third-order valence-electron chi connectivity index (χ3n) is 8.03. The second kappa shape index (κ2) is 6.65. The number of thiophene rings is 1. The fourth-order valence-corrected chi connectivity index (χ4v) is 6.89. The number of rotatable bonds is 1. The zero-order valence-electron chi connectivity index (χ0n) is 19.3. The Labute approximate surface area is 198 Å². The van der Waals surface area contributed by atoms with Gasteiger partial charge in [0.25, 0.3) is 0 Å². The molecule has 3 aromatic rings. The van der Waals surface area contributed by atoms with Gasteiger partial charge in [-0.3, -0.25) is 9.56 Å². The first kappa shape index (κ1) is 19.7. The maximum Gasteiger partial charge on any atom is 0.166 e. The summed E-state index contributed by atoms with van der Waals surface area (Å²) in [6.45, 7) is 8.82. The van der Waals surface area contributed by atoms with Gasteiger partial charge in [-0.05, 0) is 69.6 Å². The van der Waals surface area contributed by atoms with Gasteiger partial charge in [0, 0.05) is 40.6 Å². The molecule has 1 N–H and O–H groups in total. The molecule has 166 valence electrons. The molecule has 0 radical (unpaired) electrons. The van der Waals surface area contributed by atoms with E-state index in [1.807, 2.05) is 18.3 Å². The van der Waals surface area contributed by atoms with Crippen molar-refractivity contribution in [2.24, 2.45) is 16.3 Å². The van der Waals surface area contributed by atoms with E-state index in [1.54, 1.807) is 0 Å². The molecule has 2 aliphatic carbocycles. The molecular weight excluding hydrogens is 426 g/mol. The normalized spacial score (nSPS) is 21.2. The third-order valence-corrected chi connectivity index (χ3v) is 9.23. The molecule has 2 saturated carbocycles. The third kappa shape index (κ3) is 2.85. The molecule has 2 spiro atoms. The van der Waals surface area contributed by atoms with E-state index in [0.717, 1.165) is 41.3 Å². The Kier molecular flexibility index (Phi) is 3.97. The molecule has 0 unspecified atom stereocenters. The number of aryl methyl sites for hydroxylation is 2. The van der Waals surface area contributed by atoms with Gasteiger partial charge in [0.05, 0.1) is 5.71 Å². The molecule has 33 heavy (non-hydrogen) atoms. The number of fused-ring (bicyclic) bond motifs is 4. The van der Waals surface area contributed by atoms with Crippen LogP contribution in [0.5, 0.6) is 0 Å². The summed E-state index contributed by atoms with van der Waals surface area (Å²) in [6, 6.07) is 8.72. The van der Waals surface area contributed by atoms with Gasteiger partial charge in [-0.1, -0.05) is 24.0 Å². The Bertz CT molecular complexity index is 1380. The van der Waals surface area contributed by atoms with Crippen LogP contribution in [0.4, 0.5) is 0 Å². The first-order valence-electron chi connectivity index (χ1n) is 11.9. The minimum absolute atomic E-state index is 0.231. The molecule has 2 aliphatic heterocycles. The second-order valence-corrected chi connectivity index (χ2v) is 11.6. The summed E-state index contributed by atoms with van der Waals surface area (Å²) in [7, 11) is 0. The van der Waals surface area contributed by atoms with Crippen molar-refractivity contribution in [2.45, 2.75) is 52.0 Å². The SMILES string of the molecule is Cc1sc2c(c1C)C(c1ccc(C#CC3CC4(CNC4)C3)cc1)=NC1(CC1)c1nnc(C)n1-2. The minimum Gasteiger partial charge on any atom is -0.316 e. The number of aromatic nitrogens is 3. The van der Waals surface area contributed by atoms with E-state index in [1.165, 1.54) is 46.9 Å². The smallest absolute Gasteiger partial charge is 0.166 e. The Morgan fingerprint density at radius 2 is 1.82 bits per heavy atom. The first-order valence-corrected chi connectivity index (χ1v) is 12.7. The number of benzene rings is 1.